The number of nitrogens with one attached hydrogen (secondary N) is 1. The lowest BCUT2D eigenvalue weighted by Gasteiger charge is -2.23. The summed E-state index contributed by atoms with van der Waals surface area (Å²) < 4.78 is 16.5. The van der Waals surface area contributed by atoms with Crippen molar-refractivity contribution in [3.8, 4) is 0 Å². The Bertz CT molecular complexity index is 759. The SMILES string of the molecule is CCOC(=O)Nc1ccc(C(O)c2ccccc2)cc1COC1CCCCO1. The van der Waals surface area contributed by atoms with Gasteiger partial charge in [0.1, 0.15) is 6.10 Å². The fraction of sp³-hybridized carbons (Fsp3) is 0.409. The number of aliphatic hydroxyl groups is 1. The first-order chi connectivity index (χ1) is 13.7. The third-order valence-corrected chi connectivity index (χ3v) is 4.64. The van der Waals surface area contributed by atoms with E-state index in [-0.39, 0.29) is 12.9 Å². The summed E-state index contributed by atoms with van der Waals surface area (Å²) in [6, 6.07) is 14.8. The van der Waals surface area contributed by atoms with Gasteiger partial charge in [-0.15, -0.1) is 0 Å². The number of benzene rings is 2. The number of hydrogen-bond donors (Lipinski definition) is 2. The molecule has 0 aliphatic carbocycles. The molecule has 28 heavy (non-hydrogen) atoms. The molecule has 1 amide bonds. The molecule has 2 unspecified atom stereocenters. The molecule has 0 aromatic heterocycles. The van der Waals surface area contributed by atoms with E-state index in [1.165, 1.54) is 0 Å². The molecule has 0 bridgehead atoms. The van der Waals surface area contributed by atoms with Crippen LogP contribution in [0.2, 0.25) is 0 Å². The van der Waals surface area contributed by atoms with Gasteiger partial charge in [0.25, 0.3) is 0 Å². The van der Waals surface area contributed by atoms with Crippen molar-refractivity contribution >= 4 is 11.8 Å². The topological polar surface area (TPSA) is 77.0 Å². The molecule has 2 aromatic carbocycles. The number of ether oxygens (including phenoxy) is 3. The summed E-state index contributed by atoms with van der Waals surface area (Å²) in [5.74, 6) is 0. The number of anilines is 1. The largest absolute Gasteiger partial charge is 0.450 e. The van der Waals surface area contributed by atoms with Gasteiger partial charge in [-0.05, 0) is 49.4 Å². The van der Waals surface area contributed by atoms with Crippen molar-refractivity contribution in [3.05, 3.63) is 65.2 Å². The van der Waals surface area contributed by atoms with Gasteiger partial charge in [0.15, 0.2) is 6.29 Å². The number of hydrogen-bond acceptors (Lipinski definition) is 5. The maximum Gasteiger partial charge on any atom is 0.411 e. The number of aliphatic hydroxyl groups excluding tert-OH is 1. The summed E-state index contributed by atoms with van der Waals surface area (Å²) in [6.07, 6.45) is 1.45. The number of carbonyl (C=O) groups is 1. The Morgan fingerprint density at radius 3 is 2.75 bits per heavy atom. The third-order valence-electron chi connectivity index (χ3n) is 4.64. The Morgan fingerprint density at radius 1 is 1.21 bits per heavy atom. The Morgan fingerprint density at radius 2 is 2.04 bits per heavy atom. The van der Waals surface area contributed by atoms with E-state index >= 15 is 0 Å². The molecular formula is C22H27NO5. The van der Waals surface area contributed by atoms with Crippen molar-refractivity contribution in [1.82, 2.24) is 0 Å². The minimum Gasteiger partial charge on any atom is -0.450 e. The Labute approximate surface area is 165 Å². The van der Waals surface area contributed by atoms with Crippen molar-refractivity contribution in [2.75, 3.05) is 18.5 Å². The van der Waals surface area contributed by atoms with Gasteiger partial charge in [0.2, 0.25) is 0 Å². The monoisotopic (exact) mass is 385 g/mol. The molecule has 3 rings (SSSR count). The minimum absolute atomic E-state index is 0.244. The first kappa shape index (κ1) is 20.3. The Balaban J connectivity index is 1.79. The van der Waals surface area contributed by atoms with Gasteiger partial charge >= 0.3 is 6.09 Å². The van der Waals surface area contributed by atoms with Crippen LogP contribution in [0.25, 0.3) is 0 Å². The van der Waals surface area contributed by atoms with Gasteiger partial charge in [-0.2, -0.15) is 0 Å². The van der Waals surface area contributed by atoms with Crippen molar-refractivity contribution in [2.45, 2.75) is 45.2 Å². The zero-order chi connectivity index (χ0) is 19.8. The van der Waals surface area contributed by atoms with Crippen LogP contribution in [0.1, 0.15) is 49.0 Å². The van der Waals surface area contributed by atoms with Gasteiger partial charge in [0.05, 0.1) is 13.2 Å². The molecule has 0 radical (unpaired) electrons. The maximum absolute atomic E-state index is 11.9. The fourth-order valence-corrected chi connectivity index (χ4v) is 3.16. The Kier molecular flexibility index (Phi) is 7.42. The highest BCUT2D eigenvalue weighted by Crippen LogP contribution is 2.27. The van der Waals surface area contributed by atoms with Crippen LogP contribution in [0, 0.1) is 0 Å². The van der Waals surface area contributed by atoms with Gasteiger partial charge in [-0.25, -0.2) is 4.79 Å². The zero-order valence-electron chi connectivity index (χ0n) is 16.1. The van der Waals surface area contributed by atoms with E-state index in [4.69, 9.17) is 14.2 Å². The molecule has 150 valence electrons. The number of rotatable bonds is 7. The molecule has 2 N–H and O–H groups in total. The normalized spacial score (nSPS) is 17.7. The number of carbonyl (C=O) groups excluding carboxylic acids is 1. The van der Waals surface area contributed by atoms with Gasteiger partial charge < -0.3 is 19.3 Å². The summed E-state index contributed by atoms with van der Waals surface area (Å²) in [7, 11) is 0. The van der Waals surface area contributed by atoms with Crippen LogP contribution in [-0.2, 0) is 20.8 Å². The van der Waals surface area contributed by atoms with E-state index in [9.17, 15) is 9.90 Å². The standard InChI is InChI=1S/C22H27NO5/c1-2-26-22(25)23-19-12-11-17(21(24)16-8-4-3-5-9-16)14-18(19)15-28-20-10-6-7-13-27-20/h3-5,8-9,11-12,14,20-21,24H,2,6-7,10,13,15H2,1H3,(H,23,25). The van der Waals surface area contributed by atoms with Crippen molar-refractivity contribution < 1.29 is 24.1 Å². The molecule has 1 heterocycles. The van der Waals surface area contributed by atoms with Crippen LogP contribution in [0.5, 0.6) is 0 Å². The van der Waals surface area contributed by atoms with Crippen LogP contribution in [0.4, 0.5) is 10.5 Å². The summed E-state index contributed by atoms with van der Waals surface area (Å²) in [5, 5.41) is 13.5. The smallest absolute Gasteiger partial charge is 0.411 e. The molecule has 6 nitrogen and oxygen atoms in total. The van der Waals surface area contributed by atoms with E-state index < -0.39 is 12.2 Å². The second-order valence-electron chi connectivity index (χ2n) is 6.68. The van der Waals surface area contributed by atoms with Crippen LogP contribution in [0.15, 0.2) is 48.5 Å². The minimum atomic E-state index is -0.762. The van der Waals surface area contributed by atoms with Crippen LogP contribution >= 0.6 is 0 Å². The molecule has 1 saturated heterocycles. The molecule has 2 atom stereocenters. The van der Waals surface area contributed by atoms with Gasteiger partial charge in [-0.3, -0.25) is 5.32 Å². The van der Waals surface area contributed by atoms with Crippen molar-refractivity contribution in [1.29, 1.82) is 0 Å². The second-order valence-corrected chi connectivity index (χ2v) is 6.68. The fourth-order valence-electron chi connectivity index (χ4n) is 3.16. The maximum atomic E-state index is 11.9. The lowest BCUT2D eigenvalue weighted by Crippen LogP contribution is -2.22. The average Bonchev–Trinajstić information content (AvgIpc) is 2.74. The van der Waals surface area contributed by atoms with Crippen LogP contribution < -0.4 is 5.32 Å². The molecule has 1 aliphatic heterocycles. The quantitative estimate of drug-likeness (QED) is 0.740. The highest BCUT2D eigenvalue weighted by molar-refractivity contribution is 5.85. The molecule has 1 aliphatic rings. The molecule has 0 saturated carbocycles. The highest BCUT2D eigenvalue weighted by atomic mass is 16.7. The molecule has 6 heteroatoms. The second kappa shape index (κ2) is 10.2. The summed E-state index contributed by atoms with van der Waals surface area (Å²) in [6.45, 7) is 3.01. The molecule has 0 spiro atoms. The van der Waals surface area contributed by atoms with E-state index in [0.29, 0.717) is 18.9 Å². The predicted molar refractivity (Wildman–Crippen MR) is 106 cm³/mol. The lowest BCUT2D eigenvalue weighted by molar-refractivity contribution is -0.168. The van der Waals surface area contributed by atoms with Crippen molar-refractivity contribution in [2.24, 2.45) is 0 Å². The summed E-state index contributed by atoms with van der Waals surface area (Å²) in [4.78, 5) is 11.9. The number of amides is 1. The van der Waals surface area contributed by atoms with Crippen molar-refractivity contribution in [3.63, 3.8) is 0 Å². The lowest BCUT2D eigenvalue weighted by atomic mass is 9.99. The zero-order valence-corrected chi connectivity index (χ0v) is 16.1. The van der Waals surface area contributed by atoms with Crippen LogP contribution in [-0.4, -0.2) is 30.7 Å². The molecule has 1 fully saturated rings. The molecular weight excluding hydrogens is 358 g/mol. The van der Waals surface area contributed by atoms with E-state index in [1.807, 2.05) is 36.4 Å². The summed E-state index contributed by atoms with van der Waals surface area (Å²) >= 11 is 0. The Hall–Kier alpha value is -2.41. The highest BCUT2D eigenvalue weighted by Gasteiger charge is 2.18. The van der Waals surface area contributed by atoms with Gasteiger partial charge in [-0.1, -0.05) is 36.4 Å². The molecule has 2 aromatic rings. The third kappa shape index (κ3) is 5.55. The van der Waals surface area contributed by atoms with E-state index in [2.05, 4.69) is 5.32 Å². The predicted octanol–water partition coefficient (Wildman–Crippen LogP) is 4.38. The van der Waals surface area contributed by atoms with E-state index in [1.54, 1.807) is 19.1 Å². The van der Waals surface area contributed by atoms with Gasteiger partial charge in [0, 0.05) is 17.9 Å². The van der Waals surface area contributed by atoms with Crippen LogP contribution in [0.3, 0.4) is 0 Å². The average molecular weight is 385 g/mol. The summed E-state index contributed by atoms with van der Waals surface area (Å²) in [5.41, 5.74) is 2.88. The first-order valence-electron chi connectivity index (χ1n) is 9.70. The first-order valence-corrected chi connectivity index (χ1v) is 9.70. The van der Waals surface area contributed by atoms with E-state index in [0.717, 1.165) is 36.0 Å².